The van der Waals surface area contributed by atoms with Gasteiger partial charge in [-0.1, -0.05) is 31.4 Å². The Bertz CT molecular complexity index is 1910. The first-order valence-electron chi connectivity index (χ1n) is 18.5. The van der Waals surface area contributed by atoms with Crippen molar-refractivity contribution in [3.05, 3.63) is 71.7 Å². The molecule has 1 saturated carbocycles. The van der Waals surface area contributed by atoms with Gasteiger partial charge in [-0.2, -0.15) is 9.97 Å². The van der Waals surface area contributed by atoms with Gasteiger partial charge in [-0.25, -0.2) is 18.7 Å². The molecule has 2 aliphatic heterocycles. The fourth-order valence-electron chi connectivity index (χ4n) is 9.05. The molecule has 2 aliphatic carbocycles. The Morgan fingerprint density at radius 2 is 2.00 bits per heavy atom. The molecule has 0 unspecified atom stereocenters. The highest BCUT2D eigenvalue weighted by Crippen LogP contribution is 2.42. The van der Waals surface area contributed by atoms with Crippen LogP contribution >= 0.6 is 0 Å². The van der Waals surface area contributed by atoms with Crippen molar-refractivity contribution < 1.29 is 23.4 Å². The highest BCUT2D eigenvalue weighted by Gasteiger charge is 2.45. The maximum absolute atomic E-state index is 15.1. The monoisotopic (exact) mass is 726 g/mol. The maximum Gasteiger partial charge on any atom is 0.318 e. The second-order valence-electron chi connectivity index (χ2n) is 15.7. The number of anilines is 3. The summed E-state index contributed by atoms with van der Waals surface area (Å²) in [6.45, 7) is 8.51. The second-order valence-corrected chi connectivity index (χ2v) is 15.7. The van der Waals surface area contributed by atoms with Crippen molar-refractivity contribution in [1.82, 2.24) is 24.8 Å². The summed E-state index contributed by atoms with van der Waals surface area (Å²) in [5.74, 6) is 2.60. The van der Waals surface area contributed by atoms with E-state index in [0.717, 1.165) is 42.5 Å². The summed E-state index contributed by atoms with van der Waals surface area (Å²) in [6.07, 6.45) is 17.0. The summed E-state index contributed by atoms with van der Waals surface area (Å²) in [6, 6.07) is 3.08. The number of aromatic nitrogens is 4. The molecule has 2 fully saturated rings. The fraction of sp³-hybridized carbons (Fsp3) is 0.525. The van der Waals surface area contributed by atoms with Crippen LogP contribution in [0.1, 0.15) is 74.8 Å². The van der Waals surface area contributed by atoms with Crippen molar-refractivity contribution in [3.8, 4) is 18.4 Å². The Hall–Kier alpha value is -4.83. The molecule has 4 atom stereocenters. The van der Waals surface area contributed by atoms with Crippen LogP contribution in [0, 0.1) is 18.2 Å². The Kier molecular flexibility index (Phi) is 9.78. The van der Waals surface area contributed by atoms with Crippen molar-refractivity contribution in [3.63, 3.8) is 0 Å². The summed E-state index contributed by atoms with van der Waals surface area (Å²) in [5.41, 5.74) is 1.88. The Morgan fingerprint density at radius 3 is 2.72 bits per heavy atom. The first kappa shape index (κ1) is 36.5. The van der Waals surface area contributed by atoms with Gasteiger partial charge in [0, 0.05) is 51.0 Å². The number of terminal acetylenes is 1. The zero-order valence-corrected chi connectivity index (χ0v) is 30.7. The van der Waals surface area contributed by atoms with Gasteiger partial charge in [0.15, 0.2) is 0 Å². The van der Waals surface area contributed by atoms with Gasteiger partial charge in [0.1, 0.15) is 30.7 Å². The SMILES string of the molecule is C#Cc1c(F)ccc2c1N([C@H]1CCc3c(nc(OC[C@]4(C)C[C@@H](F)CN4c4cncnc4)nc3NCC3(N(C)C(=O)C=C)CCCC3)C1)C[C@](C)(O)C2. The lowest BCUT2D eigenvalue weighted by Gasteiger charge is -2.45. The Labute approximate surface area is 309 Å². The summed E-state index contributed by atoms with van der Waals surface area (Å²) in [7, 11) is 1.83. The number of hydrogen-bond donors (Lipinski definition) is 2. The third-order valence-corrected chi connectivity index (χ3v) is 11.8. The molecule has 7 rings (SSSR count). The smallest absolute Gasteiger partial charge is 0.318 e. The third-order valence-electron chi connectivity index (χ3n) is 11.8. The second kappa shape index (κ2) is 14.2. The number of rotatable bonds is 10. The van der Waals surface area contributed by atoms with E-state index in [1.165, 1.54) is 18.5 Å². The first-order chi connectivity index (χ1) is 25.3. The number of benzene rings is 1. The topological polar surface area (TPSA) is 120 Å². The quantitative estimate of drug-likeness (QED) is 0.223. The number of β-amino-alcohol motifs (C(OH)–C–C–N with tert-alkyl or cyclic N) is 1. The molecule has 3 aromatic rings. The number of halogens is 2. The van der Waals surface area contributed by atoms with Crippen LogP contribution in [0.25, 0.3) is 0 Å². The van der Waals surface area contributed by atoms with Crippen LogP contribution in [0.15, 0.2) is 43.5 Å². The van der Waals surface area contributed by atoms with Crippen LogP contribution in [-0.4, -0.2) is 98.0 Å². The minimum Gasteiger partial charge on any atom is -0.461 e. The molecule has 2 N–H and O–H groups in total. The van der Waals surface area contributed by atoms with Gasteiger partial charge < -0.3 is 29.9 Å². The minimum absolute atomic E-state index is 0.109. The molecule has 1 saturated heterocycles. The predicted molar refractivity (Wildman–Crippen MR) is 199 cm³/mol. The zero-order valence-electron chi connectivity index (χ0n) is 30.7. The molecule has 2 aromatic heterocycles. The molecule has 53 heavy (non-hydrogen) atoms. The largest absolute Gasteiger partial charge is 0.461 e. The average molecular weight is 727 g/mol. The first-order valence-corrected chi connectivity index (χ1v) is 18.5. The number of amides is 1. The van der Waals surface area contributed by atoms with E-state index in [4.69, 9.17) is 21.1 Å². The van der Waals surface area contributed by atoms with Crippen LogP contribution < -0.4 is 19.9 Å². The molecule has 0 radical (unpaired) electrons. The number of carbonyl (C=O) groups is 1. The van der Waals surface area contributed by atoms with Crippen LogP contribution in [-0.2, 0) is 24.1 Å². The molecular formula is C40H48F2N8O3. The number of nitrogens with zero attached hydrogens (tertiary/aromatic N) is 7. The fourth-order valence-corrected chi connectivity index (χ4v) is 9.05. The van der Waals surface area contributed by atoms with Crippen LogP contribution in [0.4, 0.5) is 26.0 Å². The number of fused-ring (bicyclic) bond motifs is 2. The van der Waals surface area contributed by atoms with E-state index < -0.39 is 28.7 Å². The maximum atomic E-state index is 15.1. The predicted octanol–water partition coefficient (Wildman–Crippen LogP) is 4.81. The van der Waals surface area contributed by atoms with E-state index in [9.17, 15) is 14.3 Å². The number of carbonyl (C=O) groups excluding carboxylic acids is 1. The number of hydrogen-bond acceptors (Lipinski definition) is 10. The zero-order chi connectivity index (χ0) is 37.5. The van der Waals surface area contributed by atoms with Gasteiger partial charge in [0.25, 0.3) is 0 Å². The number of likely N-dealkylation sites (N-methyl/N-ethyl adjacent to an activating group) is 1. The molecule has 4 aliphatic rings. The van der Waals surface area contributed by atoms with Crippen molar-refractivity contribution >= 4 is 23.1 Å². The molecule has 280 valence electrons. The van der Waals surface area contributed by atoms with Crippen molar-refractivity contribution in [2.45, 2.75) is 101 Å². The average Bonchev–Trinajstić information content (AvgIpc) is 3.76. The standard InChI is InChI=1S/C40H48F2N8O3/c1-6-30-32(42)13-10-26-17-39(4,52)23-49(35(26)30)28-11-12-31-33(16-28)46-37(47-36(31)45-22-40(14-8-9-15-40)48(5)34(51)7-2)53-24-38(3)18-27(41)21-50(38)29-19-43-25-44-20-29/h1,7,10,13,19-20,25,27-28,52H,2,8-9,11-12,14-18,21-24H2,3-5H3,(H,45,46,47)/t27-,28+,38+,39-/m1/s1. The normalized spacial score (nSPS) is 26.0. The van der Waals surface area contributed by atoms with Gasteiger partial charge in [-0.05, 0) is 57.2 Å². The van der Waals surface area contributed by atoms with Gasteiger partial charge in [-0.3, -0.25) is 4.79 Å². The highest BCUT2D eigenvalue weighted by atomic mass is 19.1. The summed E-state index contributed by atoms with van der Waals surface area (Å²) < 4.78 is 36.5. The van der Waals surface area contributed by atoms with E-state index >= 15 is 4.39 Å². The number of nitrogens with one attached hydrogen (secondary N) is 1. The van der Waals surface area contributed by atoms with Gasteiger partial charge >= 0.3 is 6.01 Å². The minimum atomic E-state index is -1.06. The molecule has 0 bridgehead atoms. The number of aliphatic hydroxyl groups is 1. The van der Waals surface area contributed by atoms with E-state index in [1.54, 1.807) is 30.3 Å². The van der Waals surface area contributed by atoms with E-state index in [0.29, 0.717) is 49.4 Å². The van der Waals surface area contributed by atoms with Crippen LogP contribution in [0.3, 0.4) is 0 Å². The van der Waals surface area contributed by atoms with E-state index in [1.807, 2.05) is 18.9 Å². The Balaban J connectivity index is 1.22. The Morgan fingerprint density at radius 1 is 1.25 bits per heavy atom. The summed E-state index contributed by atoms with van der Waals surface area (Å²) >= 11 is 0. The lowest BCUT2D eigenvalue weighted by molar-refractivity contribution is -0.129. The summed E-state index contributed by atoms with van der Waals surface area (Å²) in [5, 5.41) is 15.0. The van der Waals surface area contributed by atoms with Crippen LogP contribution in [0.5, 0.6) is 6.01 Å². The van der Waals surface area contributed by atoms with Crippen LogP contribution in [0.2, 0.25) is 0 Å². The van der Waals surface area contributed by atoms with Crippen molar-refractivity contribution in [2.75, 3.05) is 48.4 Å². The van der Waals surface area contributed by atoms with Gasteiger partial charge in [-0.15, -0.1) is 6.42 Å². The van der Waals surface area contributed by atoms with Gasteiger partial charge in [0.05, 0.1) is 58.2 Å². The van der Waals surface area contributed by atoms with Crippen molar-refractivity contribution in [2.24, 2.45) is 0 Å². The lowest BCUT2D eigenvalue weighted by atomic mass is 9.84. The summed E-state index contributed by atoms with van der Waals surface area (Å²) in [4.78, 5) is 36.8. The molecule has 11 nitrogen and oxygen atoms in total. The molecule has 1 aromatic carbocycles. The lowest BCUT2D eigenvalue weighted by Crippen LogP contribution is -2.53. The molecule has 0 spiro atoms. The molecule has 4 heterocycles. The highest BCUT2D eigenvalue weighted by molar-refractivity contribution is 5.87. The molecule has 13 heteroatoms. The number of ether oxygens (including phenoxy) is 1. The van der Waals surface area contributed by atoms with E-state index in [2.05, 4.69) is 32.7 Å². The number of alkyl halides is 1. The van der Waals surface area contributed by atoms with E-state index in [-0.39, 0.29) is 49.6 Å². The molecular weight excluding hydrogens is 678 g/mol. The third kappa shape index (κ3) is 7.01. The van der Waals surface area contributed by atoms with Crippen molar-refractivity contribution in [1.29, 1.82) is 0 Å². The van der Waals surface area contributed by atoms with Gasteiger partial charge in [0.2, 0.25) is 5.91 Å². The molecule has 1 amide bonds.